The summed E-state index contributed by atoms with van der Waals surface area (Å²) < 4.78 is 0. The number of ketones is 1. The molecule has 1 amide bonds. The Hall–Kier alpha value is -2.12. The molecule has 0 spiro atoms. The zero-order chi connectivity index (χ0) is 19.1. The lowest BCUT2D eigenvalue weighted by Crippen LogP contribution is -2.40. The minimum Gasteiger partial charge on any atom is -0.480 e. The molecule has 8 nitrogen and oxygen atoms in total. The normalized spacial score (nSPS) is 11.6. The van der Waals surface area contributed by atoms with Crippen molar-refractivity contribution in [3.05, 3.63) is 0 Å². The van der Waals surface area contributed by atoms with Gasteiger partial charge in [0.15, 0.2) is 5.96 Å². The number of amides is 1. The summed E-state index contributed by atoms with van der Waals surface area (Å²) in [4.78, 5) is 37.6. The van der Waals surface area contributed by atoms with E-state index in [0.717, 1.165) is 38.5 Å². The summed E-state index contributed by atoms with van der Waals surface area (Å²) in [6.07, 6.45) is 7.42. The molecule has 0 aromatic heterocycles. The maximum Gasteiger partial charge on any atom is 0.326 e. The van der Waals surface area contributed by atoms with Crippen molar-refractivity contribution in [1.82, 2.24) is 5.32 Å². The Morgan fingerprint density at radius 1 is 0.960 bits per heavy atom. The second-order valence-electron chi connectivity index (χ2n) is 6.23. The van der Waals surface area contributed by atoms with Gasteiger partial charge in [-0.2, -0.15) is 0 Å². The van der Waals surface area contributed by atoms with E-state index >= 15 is 0 Å². The second-order valence-corrected chi connectivity index (χ2v) is 6.23. The van der Waals surface area contributed by atoms with Crippen LogP contribution < -0.4 is 16.8 Å². The average molecular weight is 356 g/mol. The SMILES string of the molecule is CC(=O)CCCCCCCCC(=O)N[C@@H](CCCN=C(N)N)C(=O)O. The van der Waals surface area contributed by atoms with Crippen LogP contribution >= 0.6 is 0 Å². The highest BCUT2D eigenvalue weighted by atomic mass is 16.4. The molecule has 0 aliphatic carbocycles. The Bertz CT molecular complexity index is 448. The van der Waals surface area contributed by atoms with Crippen LogP contribution in [0.4, 0.5) is 0 Å². The molecule has 0 saturated carbocycles. The average Bonchev–Trinajstić information content (AvgIpc) is 2.52. The van der Waals surface area contributed by atoms with Crippen LogP contribution in [-0.4, -0.2) is 41.3 Å². The highest BCUT2D eigenvalue weighted by molar-refractivity contribution is 5.83. The number of carbonyl (C=O) groups is 3. The van der Waals surface area contributed by atoms with Crippen LogP contribution in [0.2, 0.25) is 0 Å². The zero-order valence-corrected chi connectivity index (χ0v) is 15.1. The third-order valence-corrected chi connectivity index (χ3v) is 3.76. The number of Topliss-reactive ketones (excluding diaryl/α,β-unsaturated/α-hetero) is 1. The molecule has 0 rings (SSSR count). The van der Waals surface area contributed by atoms with Crippen molar-refractivity contribution in [2.75, 3.05) is 6.54 Å². The molecule has 0 fully saturated rings. The first-order chi connectivity index (χ1) is 11.8. The Labute approximate surface area is 149 Å². The molecule has 6 N–H and O–H groups in total. The van der Waals surface area contributed by atoms with Crippen LogP contribution in [0.1, 0.15) is 71.1 Å². The minimum absolute atomic E-state index is 0.0304. The number of carbonyl (C=O) groups excluding carboxylic acids is 2. The number of aliphatic imine (C=N–C) groups is 1. The first-order valence-corrected chi connectivity index (χ1v) is 8.90. The van der Waals surface area contributed by atoms with Gasteiger partial charge in [0.2, 0.25) is 5.91 Å². The number of aliphatic carboxylic acids is 1. The quantitative estimate of drug-likeness (QED) is 0.197. The van der Waals surface area contributed by atoms with Gasteiger partial charge in [0.1, 0.15) is 11.8 Å². The first-order valence-electron chi connectivity index (χ1n) is 8.90. The number of guanidine groups is 1. The Balaban J connectivity index is 3.79. The highest BCUT2D eigenvalue weighted by Crippen LogP contribution is 2.09. The number of nitrogens with two attached hydrogens (primary N) is 2. The molecular weight excluding hydrogens is 324 g/mol. The van der Waals surface area contributed by atoms with Gasteiger partial charge in [-0.25, -0.2) is 4.79 Å². The first kappa shape index (κ1) is 22.9. The van der Waals surface area contributed by atoms with Gasteiger partial charge in [-0.05, 0) is 32.6 Å². The van der Waals surface area contributed by atoms with E-state index in [0.29, 0.717) is 25.8 Å². The van der Waals surface area contributed by atoms with E-state index in [1.807, 2.05) is 0 Å². The number of rotatable bonds is 15. The van der Waals surface area contributed by atoms with Gasteiger partial charge in [-0.3, -0.25) is 9.79 Å². The third kappa shape index (κ3) is 15.2. The number of unbranched alkanes of at least 4 members (excludes halogenated alkanes) is 5. The van der Waals surface area contributed by atoms with Crippen molar-refractivity contribution in [3.63, 3.8) is 0 Å². The number of hydrogen-bond acceptors (Lipinski definition) is 4. The molecule has 0 bridgehead atoms. The molecule has 1 atom stereocenters. The van der Waals surface area contributed by atoms with E-state index in [9.17, 15) is 14.4 Å². The zero-order valence-electron chi connectivity index (χ0n) is 15.1. The lowest BCUT2D eigenvalue weighted by atomic mass is 10.1. The van der Waals surface area contributed by atoms with Crippen molar-refractivity contribution in [3.8, 4) is 0 Å². The van der Waals surface area contributed by atoms with Crippen molar-refractivity contribution < 1.29 is 19.5 Å². The van der Waals surface area contributed by atoms with Crippen LogP contribution in [0, 0.1) is 0 Å². The Morgan fingerprint density at radius 3 is 2.04 bits per heavy atom. The van der Waals surface area contributed by atoms with Crippen molar-refractivity contribution in [2.45, 2.75) is 77.2 Å². The standard InChI is InChI=1S/C17H32N4O4/c1-13(22)9-6-4-2-3-5-7-11-15(23)21-14(16(24)25)10-8-12-20-17(18)19/h14H,2-12H2,1H3,(H,21,23)(H,24,25)(H4,18,19,20)/t14-/m0/s1. The van der Waals surface area contributed by atoms with Crippen LogP contribution in [0.3, 0.4) is 0 Å². The van der Waals surface area contributed by atoms with Crippen molar-refractivity contribution in [2.24, 2.45) is 16.5 Å². The fraction of sp³-hybridized carbons (Fsp3) is 0.765. The minimum atomic E-state index is -1.05. The number of hydrogen-bond donors (Lipinski definition) is 4. The summed E-state index contributed by atoms with van der Waals surface area (Å²) in [5.74, 6) is -1.10. The summed E-state index contributed by atoms with van der Waals surface area (Å²) in [6, 6.07) is -0.909. The fourth-order valence-electron chi connectivity index (χ4n) is 2.39. The number of carboxylic acids is 1. The van der Waals surface area contributed by atoms with Crippen LogP contribution in [-0.2, 0) is 14.4 Å². The predicted octanol–water partition coefficient (Wildman–Crippen LogP) is 1.32. The number of carboxylic acid groups (broad SMARTS) is 1. The van der Waals surface area contributed by atoms with E-state index < -0.39 is 12.0 Å². The molecule has 0 unspecified atom stereocenters. The fourth-order valence-corrected chi connectivity index (χ4v) is 2.39. The molecule has 0 aromatic rings. The molecule has 0 aromatic carbocycles. The van der Waals surface area contributed by atoms with Gasteiger partial charge < -0.3 is 26.7 Å². The maximum atomic E-state index is 11.8. The molecule has 0 aliphatic heterocycles. The molecule has 8 heteroatoms. The molecule has 25 heavy (non-hydrogen) atoms. The second kappa shape index (κ2) is 14.2. The molecular formula is C17H32N4O4. The molecule has 0 aliphatic rings. The summed E-state index contributed by atoms with van der Waals surface area (Å²) >= 11 is 0. The van der Waals surface area contributed by atoms with Gasteiger partial charge in [0.05, 0.1) is 0 Å². The summed E-state index contributed by atoms with van der Waals surface area (Å²) in [5.41, 5.74) is 10.4. The van der Waals surface area contributed by atoms with Crippen molar-refractivity contribution >= 4 is 23.6 Å². The van der Waals surface area contributed by atoms with Gasteiger partial charge in [0.25, 0.3) is 0 Å². The van der Waals surface area contributed by atoms with Gasteiger partial charge in [-0.15, -0.1) is 0 Å². The monoisotopic (exact) mass is 356 g/mol. The maximum absolute atomic E-state index is 11.8. The summed E-state index contributed by atoms with van der Waals surface area (Å²) in [7, 11) is 0. The predicted molar refractivity (Wildman–Crippen MR) is 97.1 cm³/mol. The van der Waals surface area contributed by atoms with Gasteiger partial charge in [-0.1, -0.05) is 25.7 Å². The Kier molecular flexibility index (Phi) is 13.0. The third-order valence-electron chi connectivity index (χ3n) is 3.76. The highest BCUT2D eigenvalue weighted by Gasteiger charge is 2.18. The van der Waals surface area contributed by atoms with E-state index in [2.05, 4.69) is 10.3 Å². The van der Waals surface area contributed by atoms with Gasteiger partial charge in [0, 0.05) is 19.4 Å². The molecule has 0 heterocycles. The molecule has 0 saturated heterocycles. The largest absolute Gasteiger partial charge is 0.480 e. The van der Waals surface area contributed by atoms with E-state index in [1.54, 1.807) is 6.92 Å². The van der Waals surface area contributed by atoms with E-state index in [1.165, 1.54) is 0 Å². The van der Waals surface area contributed by atoms with Crippen LogP contribution in [0.15, 0.2) is 4.99 Å². The Morgan fingerprint density at radius 2 is 1.52 bits per heavy atom. The van der Waals surface area contributed by atoms with Crippen LogP contribution in [0.25, 0.3) is 0 Å². The number of nitrogens with zero attached hydrogens (tertiary/aromatic N) is 1. The van der Waals surface area contributed by atoms with Gasteiger partial charge >= 0.3 is 5.97 Å². The molecule has 144 valence electrons. The van der Waals surface area contributed by atoms with Crippen molar-refractivity contribution in [1.29, 1.82) is 0 Å². The summed E-state index contributed by atoms with van der Waals surface area (Å²) in [6.45, 7) is 1.94. The molecule has 0 radical (unpaired) electrons. The van der Waals surface area contributed by atoms with E-state index in [4.69, 9.17) is 16.6 Å². The lowest BCUT2D eigenvalue weighted by molar-refractivity contribution is -0.142. The topological polar surface area (TPSA) is 148 Å². The lowest BCUT2D eigenvalue weighted by Gasteiger charge is -2.14. The number of nitrogens with one attached hydrogen (secondary N) is 1. The smallest absolute Gasteiger partial charge is 0.326 e. The van der Waals surface area contributed by atoms with E-state index in [-0.39, 0.29) is 24.1 Å². The van der Waals surface area contributed by atoms with Crippen LogP contribution in [0.5, 0.6) is 0 Å². The summed E-state index contributed by atoms with van der Waals surface area (Å²) in [5, 5.41) is 11.7.